The minimum absolute atomic E-state index is 0.0165. The monoisotopic (exact) mass is 421 g/mol. The van der Waals surface area contributed by atoms with Crippen LogP contribution in [0.25, 0.3) is 0 Å². The molecule has 162 valence electrons. The summed E-state index contributed by atoms with van der Waals surface area (Å²) >= 11 is 0. The van der Waals surface area contributed by atoms with Gasteiger partial charge in [0.1, 0.15) is 11.5 Å². The van der Waals surface area contributed by atoms with Crippen molar-refractivity contribution in [3.05, 3.63) is 47.5 Å². The van der Waals surface area contributed by atoms with Gasteiger partial charge in [0, 0.05) is 24.7 Å². The van der Waals surface area contributed by atoms with Crippen LogP contribution in [0.15, 0.2) is 41.4 Å². The Balaban J connectivity index is 1.68. The summed E-state index contributed by atoms with van der Waals surface area (Å²) in [6.45, 7) is 0.450. The minimum Gasteiger partial charge on any atom is -0.496 e. The van der Waals surface area contributed by atoms with E-state index in [4.69, 9.17) is 14.2 Å². The standard InChI is InChI=1S/C21H25F2N3O4/c1-3-24-21(25-9-8-14-6-4-5-7-16(14)27-2)26-12-15-10-18-19(29-13-28-18)11-17(15)30-20(22)23/h4-7,10-11,20H,3,8-9,12-13H2,1-2H3,(H2,24,25,26). The fraction of sp³-hybridized carbons (Fsp3) is 0.381. The Hall–Kier alpha value is -3.23. The molecule has 3 rings (SSSR count). The maximum absolute atomic E-state index is 12.8. The number of guanidine groups is 1. The van der Waals surface area contributed by atoms with E-state index in [0.717, 1.165) is 17.7 Å². The van der Waals surface area contributed by atoms with E-state index in [1.54, 1.807) is 13.2 Å². The molecule has 0 aliphatic carbocycles. The zero-order chi connectivity index (χ0) is 21.3. The number of fused-ring (bicyclic) bond motifs is 1. The molecule has 2 aromatic carbocycles. The van der Waals surface area contributed by atoms with E-state index in [9.17, 15) is 8.78 Å². The highest BCUT2D eigenvalue weighted by Gasteiger charge is 2.20. The van der Waals surface area contributed by atoms with Crippen LogP contribution in [-0.2, 0) is 13.0 Å². The average Bonchev–Trinajstić information content (AvgIpc) is 3.19. The highest BCUT2D eigenvalue weighted by Crippen LogP contribution is 2.39. The van der Waals surface area contributed by atoms with Crippen molar-refractivity contribution < 1.29 is 27.7 Å². The van der Waals surface area contributed by atoms with Crippen molar-refractivity contribution in [1.82, 2.24) is 10.6 Å². The van der Waals surface area contributed by atoms with Crippen LogP contribution in [0.3, 0.4) is 0 Å². The third-order valence-corrected chi connectivity index (χ3v) is 4.40. The number of ether oxygens (including phenoxy) is 4. The number of aliphatic imine (C=N–C) groups is 1. The lowest BCUT2D eigenvalue weighted by Gasteiger charge is -2.14. The number of para-hydroxylation sites is 1. The summed E-state index contributed by atoms with van der Waals surface area (Å²) in [6, 6.07) is 10.8. The summed E-state index contributed by atoms with van der Waals surface area (Å²) in [5.74, 6) is 2.27. The van der Waals surface area contributed by atoms with E-state index < -0.39 is 6.61 Å². The Bertz CT molecular complexity index is 877. The van der Waals surface area contributed by atoms with E-state index in [1.165, 1.54) is 6.07 Å². The first-order chi connectivity index (χ1) is 14.6. The predicted molar refractivity (Wildman–Crippen MR) is 109 cm³/mol. The number of alkyl halides is 2. The summed E-state index contributed by atoms with van der Waals surface area (Å²) in [7, 11) is 1.64. The van der Waals surface area contributed by atoms with Crippen LogP contribution < -0.4 is 29.6 Å². The van der Waals surface area contributed by atoms with Gasteiger partial charge in [-0.1, -0.05) is 18.2 Å². The molecule has 7 nitrogen and oxygen atoms in total. The number of benzene rings is 2. The van der Waals surface area contributed by atoms with Gasteiger partial charge in [-0.25, -0.2) is 4.99 Å². The van der Waals surface area contributed by atoms with Gasteiger partial charge in [-0.05, 0) is 31.0 Å². The summed E-state index contributed by atoms with van der Waals surface area (Å²) in [4.78, 5) is 4.49. The largest absolute Gasteiger partial charge is 0.496 e. The molecule has 0 radical (unpaired) electrons. The number of hydrogen-bond acceptors (Lipinski definition) is 5. The summed E-state index contributed by atoms with van der Waals surface area (Å²) in [5.41, 5.74) is 1.55. The quantitative estimate of drug-likeness (QED) is 0.478. The zero-order valence-corrected chi connectivity index (χ0v) is 16.9. The molecule has 9 heteroatoms. The number of methoxy groups -OCH3 is 1. The second-order valence-corrected chi connectivity index (χ2v) is 6.38. The van der Waals surface area contributed by atoms with Crippen LogP contribution >= 0.6 is 0 Å². The van der Waals surface area contributed by atoms with Crippen molar-refractivity contribution in [2.24, 2.45) is 4.99 Å². The lowest BCUT2D eigenvalue weighted by atomic mass is 10.1. The molecule has 0 atom stereocenters. The fourth-order valence-corrected chi connectivity index (χ4v) is 3.03. The molecule has 0 unspecified atom stereocenters. The molecule has 1 aliphatic heterocycles. The molecule has 0 spiro atoms. The van der Waals surface area contributed by atoms with Gasteiger partial charge < -0.3 is 29.6 Å². The molecule has 0 saturated carbocycles. The number of nitrogens with one attached hydrogen (secondary N) is 2. The molecule has 1 aliphatic rings. The van der Waals surface area contributed by atoms with Crippen LogP contribution in [0.1, 0.15) is 18.1 Å². The first kappa shape index (κ1) is 21.5. The molecule has 0 fully saturated rings. The van der Waals surface area contributed by atoms with Crippen LogP contribution in [0.2, 0.25) is 0 Å². The second kappa shape index (κ2) is 10.5. The highest BCUT2D eigenvalue weighted by atomic mass is 19.3. The van der Waals surface area contributed by atoms with Gasteiger partial charge in [0.25, 0.3) is 0 Å². The van der Waals surface area contributed by atoms with Gasteiger partial charge >= 0.3 is 6.61 Å². The zero-order valence-electron chi connectivity index (χ0n) is 16.9. The molecular formula is C21H25F2N3O4. The maximum atomic E-state index is 12.8. The molecule has 1 heterocycles. The van der Waals surface area contributed by atoms with Gasteiger partial charge in [0.05, 0.1) is 13.7 Å². The Morgan fingerprint density at radius 2 is 1.87 bits per heavy atom. The number of halogens is 2. The van der Waals surface area contributed by atoms with Crippen molar-refractivity contribution in [2.45, 2.75) is 26.5 Å². The summed E-state index contributed by atoms with van der Waals surface area (Å²) < 4.78 is 46.2. The fourth-order valence-electron chi connectivity index (χ4n) is 3.03. The second-order valence-electron chi connectivity index (χ2n) is 6.38. The van der Waals surface area contributed by atoms with Crippen LogP contribution in [0.4, 0.5) is 8.78 Å². The van der Waals surface area contributed by atoms with Gasteiger partial charge in [-0.2, -0.15) is 8.78 Å². The van der Waals surface area contributed by atoms with Crippen LogP contribution in [-0.4, -0.2) is 39.6 Å². The number of hydrogen-bond donors (Lipinski definition) is 2. The number of rotatable bonds is 9. The van der Waals surface area contributed by atoms with E-state index >= 15 is 0 Å². The SMILES string of the molecule is CCNC(=NCc1cc2c(cc1OC(F)F)OCO2)NCCc1ccccc1OC. The van der Waals surface area contributed by atoms with Gasteiger partial charge in [0.2, 0.25) is 6.79 Å². The predicted octanol–water partition coefficient (Wildman–Crippen LogP) is 3.32. The topological polar surface area (TPSA) is 73.3 Å². The first-order valence-corrected chi connectivity index (χ1v) is 9.62. The van der Waals surface area contributed by atoms with Crippen molar-refractivity contribution in [3.63, 3.8) is 0 Å². The van der Waals surface area contributed by atoms with Crippen LogP contribution in [0.5, 0.6) is 23.0 Å². The summed E-state index contributed by atoms with van der Waals surface area (Å²) in [5, 5.41) is 6.38. The first-order valence-electron chi connectivity index (χ1n) is 9.62. The van der Waals surface area contributed by atoms with Crippen molar-refractivity contribution in [2.75, 3.05) is 27.0 Å². The highest BCUT2D eigenvalue weighted by molar-refractivity contribution is 5.79. The molecule has 0 saturated heterocycles. The van der Waals surface area contributed by atoms with Crippen molar-refractivity contribution in [3.8, 4) is 23.0 Å². The lowest BCUT2D eigenvalue weighted by Crippen LogP contribution is -2.38. The molecule has 2 N–H and O–H groups in total. The molecular weight excluding hydrogens is 396 g/mol. The Labute approximate surface area is 174 Å². The third kappa shape index (κ3) is 5.65. The van der Waals surface area contributed by atoms with Gasteiger partial charge in [0.15, 0.2) is 17.5 Å². The van der Waals surface area contributed by atoms with Crippen LogP contribution in [0, 0.1) is 0 Å². The third-order valence-electron chi connectivity index (χ3n) is 4.40. The van der Waals surface area contributed by atoms with Crippen molar-refractivity contribution in [1.29, 1.82) is 0 Å². The molecule has 2 aromatic rings. The Kier molecular flexibility index (Phi) is 7.53. The normalized spacial score (nSPS) is 12.8. The smallest absolute Gasteiger partial charge is 0.387 e. The number of nitrogens with zero attached hydrogens (tertiary/aromatic N) is 1. The van der Waals surface area contributed by atoms with Gasteiger partial charge in [-0.15, -0.1) is 0 Å². The minimum atomic E-state index is -2.94. The van der Waals surface area contributed by atoms with E-state index in [1.807, 2.05) is 31.2 Å². The van der Waals surface area contributed by atoms with Gasteiger partial charge in [-0.3, -0.25) is 0 Å². The molecule has 0 bridgehead atoms. The Morgan fingerprint density at radius 3 is 2.60 bits per heavy atom. The van der Waals surface area contributed by atoms with E-state index in [0.29, 0.717) is 36.1 Å². The molecule has 0 amide bonds. The molecule has 0 aromatic heterocycles. The lowest BCUT2D eigenvalue weighted by molar-refractivity contribution is -0.0505. The Morgan fingerprint density at radius 1 is 1.10 bits per heavy atom. The van der Waals surface area contributed by atoms with Crippen molar-refractivity contribution >= 4 is 5.96 Å². The van der Waals surface area contributed by atoms with E-state index in [-0.39, 0.29) is 19.1 Å². The molecule has 30 heavy (non-hydrogen) atoms. The maximum Gasteiger partial charge on any atom is 0.387 e. The van der Waals surface area contributed by atoms with E-state index in [2.05, 4.69) is 20.4 Å². The average molecular weight is 421 g/mol. The summed E-state index contributed by atoms with van der Waals surface area (Å²) in [6.07, 6.45) is 0.734.